The Kier molecular flexibility index (Phi) is 1.22. The molecule has 0 saturated heterocycles. The van der Waals surface area contributed by atoms with Crippen LogP contribution in [0.15, 0.2) is 0 Å². The molecule has 0 aromatic rings. The second-order valence-corrected chi connectivity index (χ2v) is 3.67. The quantitative estimate of drug-likeness (QED) is 0.607. The molecule has 0 aliphatic heterocycles. The first-order valence-electron chi connectivity index (χ1n) is 4.05. The molecular weight excluding hydrogens is 126 g/mol. The highest BCUT2D eigenvalue weighted by Crippen LogP contribution is 2.56. The number of carbonyl (C=O) groups is 1. The summed E-state index contributed by atoms with van der Waals surface area (Å²) in [6.07, 6.45) is 4.61. The summed E-state index contributed by atoms with van der Waals surface area (Å²) >= 11 is 0. The first-order valence-corrected chi connectivity index (χ1v) is 4.05. The van der Waals surface area contributed by atoms with Gasteiger partial charge < -0.3 is 5.73 Å². The summed E-state index contributed by atoms with van der Waals surface area (Å²) in [5.74, 6) is 2.40. The van der Waals surface area contributed by atoms with Crippen LogP contribution in [0.3, 0.4) is 0 Å². The summed E-state index contributed by atoms with van der Waals surface area (Å²) in [7, 11) is 0. The number of nitrogens with two attached hydrogens (primary N) is 1. The zero-order valence-electron chi connectivity index (χ0n) is 6.05. The number of rotatable bonds is 2. The minimum absolute atomic E-state index is 0.113. The highest BCUT2D eigenvalue weighted by atomic mass is 16.1. The molecule has 0 aromatic carbocycles. The van der Waals surface area contributed by atoms with Gasteiger partial charge in [-0.2, -0.15) is 0 Å². The lowest BCUT2D eigenvalue weighted by Gasteiger charge is -2.06. The normalized spacial score (nSPS) is 43.0. The van der Waals surface area contributed by atoms with Crippen molar-refractivity contribution in [2.75, 3.05) is 0 Å². The third-order valence-corrected chi connectivity index (χ3v) is 2.95. The smallest absolute Gasteiger partial charge is 0.217 e. The van der Waals surface area contributed by atoms with Crippen LogP contribution in [0, 0.1) is 17.8 Å². The zero-order chi connectivity index (χ0) is 7.14. The van der Waals surface area contributed by atoms with Crippen LogP contribution in [0.25, 0.3) is 0 Å². The summed E-state index contributed by atoms with van der Waals surface area (Å²) in [6, 6.07) is 0. The van der Waals surface area contributed by atoms with Crippen molar-refractivity contribution >= 4 is 5.91 Å². The molecule has 1 amide bonds. The van der Waals surface area contributed by atoms with Crippen LogP contribution in [0.4, 0.5) is 0 Å². The SMILES string of the molecule is NC(=O)CC1CCC2CC12. The Hall–Kier alpha value is -0.530. The van der Waals surface area contributed by atoms with Crippen LogP contribution in [0.1, 0.15) is 25.7 Å². The predicted molar refractivity (Wildman–Crippen MR) is 38.1 cm³/mol. The molecule has 2 fully saturated rings. The maximum Gasteiger partial charge on any atom is 0.217 e. The molecular formula is C8H13NO. The molecule has 0 bridgehead atoms. The molecule has 0 aromatic heterocycles. The molecule has 2 nitrogen and oxygen atoms in total. The lowest BCUT2D eigenvalue weighted by molar-refractivity contribution is -0.119. The summed E-state index contributed by atoms with van der Waals surface area (Å²) < 4.78 is 0. The van der Waals surface area contributed by atoms with E-state index >= 15 is 0 Å². The van der Waals surface area contributed by atoms with Crippen molar-refractivity contribution in [3.8, 4) is 0 Å². The number of hydrogen-bond acceptors (Lipinski definition) is 1. The van der Waals surface area contributed by atoms with Gasteiger partial charge >= 0.3 is 0 Å². The van der Waals surface area contributed by atoms with Crippen LogP contribution in [0.2, 0.25) is 0 Å². The van der Waals surface area contributed by atoms with Crippen LogP contribution in [-0.4, -0.2) is 5.91 Å². The average Bonchev–Trinajstić information content (AvgIpc) is 2.52. The van der Waals surface area contributed by atoms with Crippen molar-refractivity contribution in [1.29, 1.82) is 0 Å². The second-order valence-electron chi connectivity index (χ2n) is 3.67. The molecule has 10 heavy (non-hydrogen) atoms. The van der Waals surface area contributed by atoms with Crippen molar-refractivity contribution in [3.05, 3.63) is 0 Å². The largest absolute Gasteiger partial charge is 0.370 e. The van der Waals surface area contributed by atoms with Gasteiger partial charge in [-0.15, -0.1) is 0 Å². The van der Waals surface area contributed by atoms with E-state index in [1.165, 1.54) is 19.3 Å². The molecule has 3 unspecified atom stereocenters. The maximum atomic E-state index is 10.5. The van der Waals surface area contributed by atoms with Crippen LogP contribution in [-0.2, 0) is 4.79 Å². The third-order valence-electron chi connectivity index (χ3n) is 2.95. The first-order chi connectivity index (χ1) is 4.77. The Morgan fingerprint density at radius 1 is 1.50 bits per heavy atom. The number of fused-ring (bicyclic) bond motifs is 1. The van der Waals surface area contributed by atoms with Gasteiger partial charge in [0.15, 0.2) is 0 Å². The van der Waals surface area contributed by atoms with E-state index in [0.29, 0.717) is 12.3 Å². The van der Waals surface area contributed by atoms with E-state index in [1.807, 2.05) is 0 Å². The van der Waals surface area contributed by atoms with Gasteiger partial charge in [0.1, 0.15) is 0 Å². The molecule has 2 N–H and O–H groups in total. The topological polar surface area (TPSA) is 43.1 Å². The summed E-state index contributed by atoms with van der Waals surface area (Å²) in [6.45, 7) is 0. The Bertz CT molecular complexity index is 167. The fraction of sp³-hybridized carbons (Fsp3) is 0.875. The minimum atomic E-state index is -0.113. The second kappa shape index (κ2) is 1.97. The van der Waals surface area contributed by atoms with E-state index in [1.54, 1.807) is 0 Å². The zero-order valence-corrected chi connectivity index (χ0v) is 6.05. The standard InChI is InChI=1S/C8H13NO/c9-8(10)4-6-2-1-5-3-7(5)6/h5-7H,1-4H2,(H2,9,10). The molecule has 0 radical (unpaired) electrons. The van der Waals surface area contributed by atoms with Crippen LogP contribution < -0.4 is 5.73 Å². The number of hydrogen-bond donors (Lipinski definition) is 1. The van der Waals surface area contributed by atoms with Crippen molar-refractivity contribution in [3.63, 3.8) is 0 Å². The molecule has 2 heteroatoms. The van der Waals surface area contributed by atoms with Crippen molar-refractivity contribution in [2.45, 2.75) is 25.7 Å². The molecule has 2 aliphatic rings. The number of amides is 1. The Balaban J connectivity index is 1.88. The lowest BCUT2D eigenvalue weighted by Crippen LogP contribution is -2.16. The average molecular weight is 139 g/mol. The lowest BCUT2D eigenvalue weighted by atomic mass is 9.99. The summed E-state index contributed by atoms with van der Waals surface area (Å²) in [5, 5.41) is 0. The van der Waals surface area contributed by atoms with Crippen molar-refractivity contribution in [2.24, 2.45) is 23.5 Å². The Morgan fingerprint density at radius 3 is 2.70 bits per heavy atom. The molecule has 3 atom stereocenters. The van der Waals surface area contributed by atoms with Gasteiger partial charge in [0, 0.05) is 6.42 Å². The third kappa shape index (κ3) is 0.917. The molecule has 56 valence electrons. The van der Waals surface area contributed by atoms with E-state index in [0.717, 1.165) is 11.8 Å². The Labute approximate surface area is 60.8 Å². The van der Waals surface area contributed by atoms with Gasteiger partial charge in [0.05, 0.1) is 0 Å². The van der Waals surface area contributed by atoms with E-state index in [2.05, 4.69) is 0 Å². The molecule has 2 saturated carbocycles. The fourth-order valence-electron chi connectivity index (χ4n) is 2.33. The summed E-state index contributed by atoms with van der Waals surface area (Å²) in [4.78, 5) is 10.5. The maximum absolute atomic E-state index is 10.5. The van der Waals surface area contributed by atoms with Crippen molar-refractivity contribution < 1.29 is 4.79 Å². The van der Waals surface area contributed by atoms with Gasteiger partial charge in [-0.3, -0.25) is 4.79 Å². The van der Waals surface area contributed by atoms with E-state index in [-0.39, 0.29) is 5.91 Å². The van der Waals surface area contributed by atoms with E-state index in [4.69, 9.17) is 5.73 Å². The molecule has 2 aliphatic carbocycles. The predicted octanol–water partition coefficient (Wildman–Crippen LogP) is 0.908. The van der Waals surface area contributed by atoms with Gasteiger partial charge in [-0.1, -0.05) is 0 Å². The molecule has 0 spiro atoms. The first kappa shape index (κ1) is 6.20. The minimum Gasteiger partial charge on any atom is -0.370 e. The van der Waals surface area contributed by atoms with Crippen LogP contribution >= 0.6 is 0 Å². The van der Waals surface area contributed by atoms with Crippen molar-refractivity contribution in [1.82, 2.24) is 0 Å². The Morgan fingerprint density at radius 2 is 2.30 bits per heavy atom. The van der Waals surface area contributed by atoms with Gasteiger partial charge in [-0.05, 0) is 37.0 Å². The molecule has 0 heterocycles. The monoisotopic (exact) mass is 139 g/mol. The van der Waals surface area contributed by atoms with E-state index < -0.39 is 0 Å². The highest BCUT2D eigenvalue weighted by Gasteiger charge is 2.47. The number of primary amides is 1. The van der Waals surface area contributed by atoms with Crippen LogP contribution in [0.5, 0.6) is 0 Å². The fourth-order valence-corrected chi connectivity index (χ4v) is 2.33. The highest BCUT2D eigenvalue weighted by molar-refractivity contribution is 5.74. The molecule has 2 rings (SSSR count). The van der Waals surface area contributed by atoms with Gasteiger partial charge in [-0.25, -0.2) is 0 Å². The van der Waals surface area contributed by atoms with Gasteiger partial charge in [0.25, 0.3) is 0 Å². The number of carbonyl (C=O) groups excluding carboxylic acids is 1. The summed E-state index contributed by atoms with van der Waals surface area (Å²) in [5.41, 5.74) is 5.11. The van der Waals surface area contributed by atoms with Gasteiger partial charge in [0.2, 0.25) is 5.91 Å². The van der Waals surface area contributed by atoms with E-state index in [9.17, 15) is 4.79 Å².